The Morgan fingerprint density at radius 1 is 0.906 bits per heavy atom. The van der Waals surface area contributed by atoms with Crippen LogP contribution < -0.4 is 15.0 Å². The number of fused-ring (bicyclic) bond motifs is 2. The number of hydrogen-bond donors (Lipinski definition) is 1. The second-order valence-electron chi connectivity index (χ2n) is 15.5. The van der Waals surface area contributed by atoms with E-state index in [1.165, 1.54) is 6.26 Å². The number of amides is 4. The molecule has 288 valence electrons. The minimum absolute atomic E-state index is 0.00213. The topological polar surface area (TPSA) is 132 Å². The number of ether oxygens (including phenoxy) is 2. The number of carbonyl (C=O) groups is 3. The van der Waals surface area contributed by atoms with Crippen LogP contribution in [-0.4, -0.2) is 130 Å². The number of nitrogens with one attached hydrogen (secondary N) is 1. The molecular formula is C39H54N6O7S. The molecule has 0 unspecified atom stereocenters. The quantitative estimate of drug-likeness (QED) is 0.443. The number of nitrogens with zero attached hydrogens (tertiary/aromatic N) is 5. The monoisotopic (exact) mass is 750 g/mol. The molecule has 0 aliphatic carbocycles. The van der Waals surface area contributed by atoms with Gasteiger partial charge >= 0.3 is 12.1 Å². The van der Waals surface area contributed by atoms with E-state index in [1.807, 2.05) is 54.1 Å². The molecule has 14 heteroatoms. The summed E-state index contributed by atoms with van der Waals surface area (Å²) in [5, 5.41) is 3.05. The van der Waals surface area contributed by atoms with Crippen LogP contribution in [0, 0.1) is 18.8 Å². The van der Waals surface area contributed by atoms with Gasteiger partial charge in [0.1, 0.15) is 12.4 Å². The van der Waals surface area contributed by atoms with Crippen molar-refractivity contribution in [2.75, 3.05) is 82.5 Å². The Labute approximate surface area is 313 Å². The number of para-hydroxylation sites is 1. The van der Waals surface area contributed by atoms with E-state index in [4.69, 9.17) is 9.47 Å². The number of piperidine rings is 3. The summed E-state index contributed by atoms with van der Waals surface area (Å²) in [5.41, 5.74) is 4.93. The molecule has 53 heavy (non-hydrogen) atoms. The third-order valence-corrected chi connectivity index (χ3v) is 13.4. The van der Waals surface area contributed by atoms with Gasteiger partial charge in [0.15, 0.2) is 6.10 Å². The van der Waals surface area contributed by atoms with Crippen molar-refractivity contribution >= 4 is 39.4 Å². The zero-order valence-electron chi connectivity index (χ0n) is 31.3. The molecule has 0 saturated carbocycles. The van der Waals surface area contributed by atoms with Crippen LogP contribution >= 0.6 is 0 Å². The fourth-order valence-electron chi connectivity index (χ4n) is 9.10. The highest BCUT2D eigenvalue weighted by Crippen LogP contribution is 2.37. The predicted molar refractivity (Wildman–Crippen MR) is 203 cm³/mol. The standard InChI is InChI=1S/C39H54N6O7S/c1-27-24-28(25-34-36(27)41(2)22-23-51-34)26-35(37(46)42-15-8-29(9-16-42)30-10-19-44(20-11-30)53(3,49)50)52-39(48)43-17-13-32(14-18-43)45-21-12-31-6-4-5-7-33(31)40-38(45)47/h4-7,24-25,29-30,32,35H,8-23,26H2,1-3H3,(H,40,47)/t35-/m1/s1. The number of carbonyl (C=O) groups excluding carboxylic acids is 3. The van der Waals surface area contributed by atoms with Gasteiger partial charge in [-0.1, -0.05) is 24.3 Å². The summed E-state index contributed by atoms with van der Waals surface area (Å²) in [5.74, 6) is 1.46. The lowest BCUT2D eigenvalue weighted by atomic mass is 9.79. The molecule has 0 aromatic heterocycles. The molecule has 4 amide bonds. The van der Waals surface area contributed by atoms with E-state index in [-0.39, 0.29) is 24.4 Å². The van der Waals surface area contributed by atoms with Gasteiger partial charge in [-0.2, -0.15) is 0 Å². The van der Waals surface area contributed by atoms with E-state index < -0.39 is 22.2 Å². The van der Waals surface area contributed by atoms with Gasteiger partial charge in [0.2, 0.25) is 10.0 Å². The highest BCUT2D eigenvalue weighted by atomic mass is 32.2. The number of urea groups is 1. The van der Waals surface area contributed by atoms with E-state index >= 15 is 0 Å². The number of likely N-dealkylation sites (N-methyl/N-ethyl adjacent to an activating group) is 1. The van der Waals surface area contributed by atoms with E-state index in [0.29, 0.717) is 77.1 Å². The summed E-state index contributed by atoms with van der Waals surface area (Å²) < 4.78 is 37.8. The molecule has 5 heterocycles. The van der Waals surface area contributed by atoms with Crippen molar-refractivity contribution in [2.45, 2.75) is 70.4 Å². The second-order valence-corrected chi connectivity index (χ2v) is 17.5. The molecular weight excluding hydrogens is 697 g/mol. The summed E-state index contributed by atoms with van der Waals surface area (Å²) in [6.45, 7) is 7.15. The maximum absolute atomic E-state index is 14.3. The van der Waals surface area contributed by atoms with Crippen LogP contribution in [0.15, 0.2) is 36.4 Å². The van der Waals surface area contributed by atoms with Gasteiger partial charge in [-0.25, -0.2) is 22.3 Å². The van der Waals surface area contributed by atoms with Crippen LogP contribution in [0.2, 0.25) is 0 Å². The molecule has 1 N–H and O–H groups in total. The molecule has 5 aliphatic rings. The normalized spacial score (nSPS) is 21.6. The Kier molecular flexibility index (Phi) is 11.1. The first-order valence-corrected chi connectivity index (χ1v) is 21.1. The molecule has 1 atom stereocenters. The minimum Gasteiger partial charge on any atom is -0.490 e. The molecule has 5 aliphatic heterocycles. The van der Waals surface area contributed by atoms with Crippen LogP contribution in [0.1, 0.15) is 55.2 Å². The predicted octanol–water partition coefficient (Wildman–Crippen LogP) is 4.34. The van der Waals surface area contributed by atoms with Gasteiger partial charge in [0.25, 0.3) is 5.91 Å². The van der Waals surface area contributed by atoms with Gasteiger partial charge in [-0.15, -0.1) is 0 Å². The minimum atomic E-state index is -3.18. The summed E-state index contributed by atoms with van der Waals surface area (Å²) in [7, 11) is -1.13. The molecule has 2 aromatic carbocycles. The fourth-order valence-corrected chi connectivity index (χ4v) is 9.98. The fraction of sp³-hybridized carbons (Fsp3) is 0.615. The van der Waals surface area contributed by atoms with Gasteiger partial charge in [0.05, 0.1) is 18.5 Å². The number of aryl methyl sites for hydroxylation is 1. The largest absolute Gasteiger partial charge is 0.490 e. The van der Waals surface area contributed by atoms with Gasteiger partial charge in [0, 0.05) is 71.0 Å². The first-order chi connectivity index (χ1) is 25.4. The number of anilines is 2. The second kappa shape index (κ2) is 15.7. The molecule has 0 radical (unpaired) electrons. The highest BCUT2D eigenvalue weighted by molar-refractivity contribution is 7.88. The lowest BCUT2D eigenvalue weighted by Crippen LogP contribution is -2.52. The third kappa shape index (κ3) is 8.38. The maximum atomic E-state index is 14.3. The van der Waals surface area contributed by atoms with Crippen molar-refractivity contribution in [3.8, 4) is 5.75 Å². The number of benzene rings is 2. The van der Waals surface area contributed by atoms with Gasteiger partial charge in [-0.05, 0) is 92.5 Å². The summed E-state index contributed by atoms with van der Waals surface area (Å²) in [4.78, 5) is 48.8. The van der Waals surface area contributed by atoms with Crippen molar-refractivity contribution in [1.29, 1.82) is 0 Å². The first kappa shape index (κ1) is 37.3. The SMILES string of the molecule is Cc1cc(C[C@@H](OC(=O)N2CCC(N3CCc4ccccc4NC3=O)CC2)C(=O)N2CCC(C3CCN(S(C)(=O)=O)CC3)CC2)cc2c1N(C)CCO2. The molecule has 0 bridgehead atoms. The van der Waals surface area contributed by atoms with E-state index in [9.17, 15) is 22.8 Å². The first-order valence-electron chi connectivity index (χ1n) is 19.3. The van der Waals surface area contributed by atoms with Crippen molar-refractivity contribution < 1.29 is 32.3 Å². The van der Waals surface area contributed by atoms with Crippen molar-refractivity contribution in [3.63, 3.8) is 0 Å². The van der Waals surface area contributed by atoms with Gasteiger partial charge in [-0.3, -0.25) is 4.79 Å². The lowest BCUT2D eigenvalue weighted by Gasteiger charge is -2.40. The summed E-state index contributed by atoms with van der Waals surface area (Å²) in [6, 6.07) is 11.8. The molecule has 2 aromatic rings. The summed E-state index contributed by atoms with van der Waals surface area (Å²) >= 11 is 0. The van der Waals surface area contributed by atoms with Crippen LogP contribution in [0.25, 0.3) is 0 Å². The average Bonchev–Trinajstić information content (AvgIpc) is 3.32. The zero-order valence-corrected chi connectivity index (χ0v) is 32.1. The molecule has 0 spiro atoms. The van der Waals surface area contributed by atoms with Crippen LogP contribution in [0.5, 0.6) is 5.75 Å². The Morgan fingerprint density at radius 3 is 2.26 bits per heavy atom. The lowest BCUT2D eigenvalue weighted by molar-refractivity contribution is -0.142. The van der Waals surface area contributed by atoms with E-state index in [2.05, 4.69) is 16.3 Å². The molecule has 13 nitrogen and oxygen atoms in total. The molecule has 3 fully saturated rings. The maximum Gasteiger partial charge on any atom is 0.410 e. The number of rotatable bonds is 7. The Balaban J connectivity index is 0.998. The third-order valence-electron chi connectivity index (χ3n) is 12.1. The van der Waals surface area contributed by atoms with E-state index in [0.717, 1.165) is 72.5 Å². The number of sulfonamides is 1. The Morgan fingerprint density at radius 2 is 1.57 bits per heavy atom. The number of likely N-dealkylation sites (tertiary alicyclic amines) is 2. The van der Waals surface area contributed by atoms with Crippen LogP contribution in [0.4, 0.5) is 21.0 Å². The zero-order chi connectivity index (χ0) is 37.3. The Hall–Kier alpha value is -4.04. The molecule has 7 rings (SSSR count). The van der Waals surface area contributed by atoms with Crippen LogP contribution in [0.3, 0.4) is 0 Å². The summed E-state index contributed by atoms with van der Waals surface area (Å²) in [6.07, 6.45) is 5.40. The highest BCUT2D eigenvalue weighted by Gasteiger charge is 2.38. The van der Waals surface area contributed by atoms with E-state index in [1.54, 1.807) is 9.21 Å². The molecule has 3 saturated heterocycles. The smallest absolute Gasteiger partial charge is 0.410 e. The number of hydrogen-bond acceptors (Lipinski definition) is 8. The van der Waals surface area contributed by atoms with Crippen molar-refractivity contribution in [1.82, 2.24) is 19.0 Å². The van der Waals surface area contributed by atoms with Crippen molar-refractivity contribution in [2.24, 2.45) is 11.8 Å². The van der Waals surface area contributed by atoms with Crippen LogP contribution in [-0.2, 0) is 32.4 Å². The average molecular weight is 751 g/mol. The Bertz CT molecular complexity index is 1780. The van der Waals surface area contributed by atoms with Crippen molar-refractivity contribution in [3.05, 3.63) is 53.1 Å². The van der Waals surface area contributed by atoms with Gasteiger partial charge < -0.3 is 34.4 Å².